The van der Waals surface area contributed by atoms with E-state index in [2.05, 4.69) is 20.8 Å². The number of hydrogen-bond acceptors (Lipinski definition) is 9. The average Bonchev–Trinajstić information content (AvgIpc) is 3.03. The van der Waals surface area contributed by atoms with Gasteiger partial charge in [0.15, 0.2) is 0 Å². The number of hydrogen-bond donors (Lipinski definition) is 0. The molecule has 0 aliphatic rings. The number of rotatable bonds is 30. The minimum Gasteiger partial charge on any atom is -0.394 e. The Kier molecular flexibility index (Phi) is 22.5. The van der Waals surface area contributed by atoms with Crippen molar-refractivity contribution in [3.63, 3.8) is 0 Å². The molecular formula is C33H69N3O9Si3. The van der Waals surface area contributed by atoms with Crippen LogP contribution >= 0.6 is 0 Å². The van der Waals surface area contributed by atoms with Gasteiger partial charge in [-0.3, -0.25) is 0 Å². The predicted octanol–water partition coefficient (Wildman–Crippen LogP) is 6.12. The fourth-order valence-electron chi connectivity index (χ4n) is 6.86. The highest BCUT2D eigenvalue weighted by Gasteiger charge is 2.38. The van der Waals surface area contributed by atoms with E-state index in [9.17, 15) is 14.4 Å². The van der Waals surface area contributed by atoms with Gasteiger partial charge in [-0.05, 0) is 97.1 Å². The van der Waals surface area contributed by atoms with Gasteiger partial charge in [0.1, 0.15) is 0 Å². The van der Waals surface area contributed by atoms with Crippen molar-refractivity contribution in [3.05, 3.63) is 31.5 Å². The Labute approximate surface area is 293 Å². The van der Waals surface area contributed by atoms with Gasteiger partial charge >= 0.3 is 42.8 Å². The van der Waals surface area contributed by atoms with Crippen molar-refractivity contribution in [1.29, 1.82) is 0 Å². The Bertz CT molecular complexity index is 967. The van der Waals surface area contributed by atoms with Gasteiger partial charge in [0.2, 0.25) is 0 Å². The highest BCUT2D eigenvalue weighted by Crippen LogP contribution is 2.25. The molecule has 1 aromatic rings. The maximum Gasteiger partial charge on any atom is 0.338 e. The monoisotopic (exact) mass is 735 g/mol. The molecule has 0 radical (unpaired) electrons. The SMILES string of the molecule is CCC[Si](CCCn1c(=O)n(CCC[Si](CCC)(OCC)OCC)c(=O)n(CCC[Si](CCC)(OCC)OCC)c1=O)(OCC)OCC. The summed E-state index contributed by atoms with van der Waals surface area (Å²) in [5.41, 5.74) is -1.69. The molecule has 12 nitrogen and oxygen atoms in total. The molecule has 15 heteroatoms. The Balaban J connectivity index is 3.52. The van der Waals surface area contributed by atoms with E-state index in [-0.39, 0.29) is 19.6 Å². The first kappa shape index (κ1) is 44.8. The van der Waals surface area contributed by atoms with Crippen molar-refractivity contribution >= 4 is 25.7 Å². The lowest BCUT2D eigenvalue weighted by atomic mass is 10.4. The van der Waals surface area contributed by atoms with E-state index in [1.165, 1.54) is 13.7 Å². The Hall–Kier alpha value is -1.18. The van der Waals surface area contributed by atoms with Gasteiger partial charge in [-0.2, -0.15) is 0 Å². The first-order chi connectivity index (χ1) is 23.1. The first-order valence-electron chi connectivity index (χ1n) is 18.8. The maximum atomic E-state index is 13.9. The summed E-state index contributed by atoms with van der Waals surface area (Å²) in [6.07, 6.45) is 4.43. The minimum absolute atomic E-state index is 0.190. The van der Waals surface area contributed by atoms with Crippen molar-refractivity contribution < 1.29 is 26.6 Å². The van der Waals surface area contributed by atoms with Crippen LogP contribution in [0.4, 0.5) is 0 Å². The molecule has 0 aromatic carbocycles. The van der Waals surface area contributed by atoms with Crippen LogP contribution in [0.1, 0.15) is 101 Å². The Morgan fingerprint density at radius 2 is 0.583 bits per heavy atom. The second kappa shape index (κ2) is 24.1. The summed E-state index contributed by atoms with van der Waals surface area (Å²) in [4.78, 5) is 41.7. The Morgan fingerprint density at radius 1 is 0.375 bits per heavy atom. The van der Waals surface area contributed by atoms with Crippen molar-refractivity contribution in [2.75, 3.05) is 39.6 Å². The fourth-order valence-corrected chi connectivity index (χ4v) is 17.1. The molecule has 0 atom stereocenters. The molecule has 0 saturated heterocycles. The van der Waals surface area contributed by atoms with Gasteiger partial charge in [-0.15, -0.1) is 0 Å². The van der Waals surface area contributed by atoms with Crippen LogP contribution in [0.15, 0.2) is 14.4 Å². The first-order valence-corrected chi connectivity index (χ1v) is 25.5. The molecule has 0 saturated carbocycles. The summed E-state index contributed by atoms with van der Waals surface area (Å²) < 4.78 is 41.0. The van der Waals surface area contributed by atoms with E-state index in [1.54, 1.807) is 0 Å². The molecule has 0 N–H and O–H groups in total. The topological polar surface area (TPSA) is 121 Å². The molecule has 48 heavy (non-hydrogen) atoms. The van der Waals surface area contributed by atoms with Crippen LogP contribution in [0.3, 0.4) is 0 Å². The maximum absolute atomic E-state index is 13.9. The van der Waals surface area contributed by atoms with E-state index in [0.717, 1.165) is 37.4 Å². The second-order valence-electron chi connectivity index (χ2n) is 12.2. The van der Waals surface area contributed by atoms with Gasteiger partial charge < -0.3 is 26.6 Å². The van der Waals surface area contributed by atoms with E-state index in [0.29, 0.717) is 77.0 Å². The van der Waals surface area contributed by atoms with Crippen LogP contribution < -0.4 is 17.1 Å². The van der Waals surface area contributed by atoms with Crippen LogP contribution in [0.2, 0.25) is 36.3 Å². The van der Waals surface area contributed by atoms with E-state index >= 15 is 0 Å². The summed E-state index contributed by atoms with van der Waals surface area (Å²) in [7, 11) is -7.48. The molecule has 0 fully saturated rings. The Morgan fingerprint density at radius 3 is 0.750 bits per heavy atom. The lowest BCUT2D eigenvalue weighted by Gasteiger charge is -2.30. The summed E-state index contributed by atoms with van der Waals surface area (Å²) in [6.45, 7) is 22.1. The third kappa shape index (κ3) is 13.5. The number of nitrogens with zero attached hydrogens (tertiary/aromatic N) is 3. The molecule has 282 valence electrons. The van der Waals surface area contributed by atoms with E-state index in [4.69, 9.17) is 26.6 Å². The minimum atomic E-state index is -2.49. The summed E-state index contributed by atoms with van der Waals surface area (Å²) >= 11 is 0. The summed E-state index contributed by atoms with van der Waals surface area (Å²) in [6, 6.07) is 4.53. The highest BCUT2D eigenvalue weighted by molar-refractivity contribution is 6.68. The molecule has 1 rings (SSSR count). The van der Waals surface area contributed by atoms with Crippen LogP contribution in [0.25, 0.3) is 0 Å². The van der Waals surface area contributed by atoms with Gasteiger partial charge in [0.05, 0.1) is 0 Å². The van der Waals surface area contributed by atoms with Crippen molar-refractivity contribution in [2.24, 2.45) is 0 Å². The summed E-state index contributed by atoms with van der Waals surface area (Å²) in [5.74, 6) is 0. The van der Waals surface area contributed by atoms with Crippen LogP contribution in [-0.2, 0) is 46.2 Å². The molecule has 1 aromatic heterocycles. The van der Waals surface area contributed by atoms with Crippen LogP contribution in [0.5, 0.6) is 0 Å². The molecule has 0 spiro atoms. The molecule has 0 bridgehead atoms. The van der Waals surface area contributed by atoms with Crippen molar-refractivity contribution in [1.82, 2.24) is 13.7 Å². The average molecular weight is 736 g/mol. The lowest BCUT2D eigenvalue weighted by molar-refractivity contribution is 0.180. The third-order valence-corrected chi connectivity index (χ3v) is 20.6. The zero-order valence-electron chi connectivity index (χ0n) is 31.9. The molecule has 1 heterocycles. The van der Waals surface area contributed by atoms with Gasteiger partial charge in [0, 0.05) is 59.3 Å². The zero-order chi connectivity index (χ0) is 36.1. The molecule has 0 amide bonds. The zero-order valence-corrected chi connectivity index (χ0v) is 34.9. The lowest BCUT2D eigenvalue weighted by Crippen LogP contribution is -2.55. The van der Waals surface area contributed by atoms with Crippen LogP contribution in [-0.4, -0.2) is 79.0 Å². The van der Waals surface area contributed by atoms with Gasteiger partial charge in [0.25, 0.3) is 0 Å². The molecule has 0 aliphatic heterocycles. The second-order valence-corrected chi connectivity index (χ2v) is 22.4. The van der Waals surface area contributed by atoms with Crippen molar-refractivity contribution in [2.45, 2.75) is 157 Å². The standard InChI is InChI=1S/C33H69N3O9Si3/c1-10-25-46(40-13-4,41-14-5)28-19-22-34-31(37)35(23-20-29-47(26-11-2,42-15-6)43-16-7)33(39)36(32(34)38)24-21-30-48(27-12-3,44-17-8)45-18-9/h10-30H2,1-9H3. The third-order valence-electron chi connectivity index (χ3n) is 8.54. The molecule has 0 aliphatic carbocycles. The summed E-state index contributed by atoms with van der Waals surface area (Å²) in [5, 5.41) is 0. The fraction of sp³-hybridized carbons (Fsp3) is 0.909. The smallest absolute Gasteiger partial charge is 0.338 e. The normalized spacial score (nSPS) is 12.7. The van der Waals surface area contributed by atoms with Gasteiger partial charge in [-0.25, -0.2) is 28.1 Å². The largest absolute Gasteiger partial charge is 0.394 e. The van der Waals surface area contributed by atoms with E-state index in [1.807, 2.05) is 41.5 Å². The van der Waals surface area contributed by atoms with E-state index < -0.39 is 42.8 Å². The highest BCUT2D eigenvalue weighted by atomic mass is 28.4. The van der Waals surface area contributed by atoms with Gasteiger partial charge in [-0.1, -0.05) is 40.0 Å². The molecular weight excluding hydrogens is 667 g/mol. The quantitative estimate of drug-likeness (QED) is 0.0861. The number of aromatic nitrogens is 3. The van der Waals surface area contributed by atoms with Crippen molar-refractivity contribution in [3.8, 4) is 0 Å². The van der Waals surface area contributed by atoms with Crippen LogP contribution in [0, 0.1) is 0 Å². The molecule has 0 unspecified atom stereocenters. The predicted molar refractivity (Wildman–Crippen MR) is 200 cm³/mol.